The smallest absolute Gasteiger partial charge is 0.421 e. The number of amides is 2. The highest BCUT2D eigenvalue weighted by molar-refractivity contribution is 7.13. The number of β-amino-alcohol motifs (C(OH)–C–C–N with tert-alkyl or cyclic N) is 1. The second-order valence-electron chi connectivity index (χ2n) is 18.1. The van der Waals surface area contributed by atoms with Crippen molar-refractivity contribution in [1.82, 2.24) is 35.5 Å². The maximum atomic E-state index is 14.1. The third-order valence-electron chi connectivity index (χ3n) is 12.0. The lowest BCUT2D eigenvalue weighted by molar-refractivity contribution is -0.139. The first kappa shape index (κ1) is 51.3. The van der Waals surface area contributed by atoms with Crippen LogP contribution < -0.4 is 15.4 Å². The van der Waals surface area contributed by atoms with Gasteiger partial charge in [-0.15, -0.1) is 11.3 Å². The fourth-order valence-corrected chi connectivity index (χ4v) is 8.94. The molecule has 6 aromatic rings. The summed E-state index contributed by atoms with van der Waals surface area (Å²) in [6.07, 6.45) is -0.294. The van der Waals surface area contributed by atoms with Gasteiger partial charge in [-0.05, 0) is 60.6 Å². The number of rotatable bonds is 23. The Morgan fingerprint density at radius 2 is 1.52 bits per heavy atom. The number of aliphatic hydroxyl groups excluding tert-OH is 1. The summed E-state index contributed by atoms with van der Waals surface area (Å²) < 4.78 is 69.7. The quantitative estimate of drug-likeness (QED) is 0.0465. The van der Waals surface area contributed by atoms with E-state index in [1.165, 1.54) is 6.20 Å². The number of carbonyl (C=O) groups excluding carboxylic acids is 2. The second-order valence-corrected chi connectivity index (χ2v) is 18.9. The van der Waals surface area contributed by atoms with Crippen molar-refractivity contribution >= 4 is 45.0 Å². The van der Waals surface area contributed by atoms with E-state index in [2.05, 4.69) is 30.6 Å². The lowest BCUT2D eigenvalue weighted by Gasteiger charge is -2.36. The molecule has 2 amide bonds. The molecule has 370 valence electrons. The number of H-pyrrole nitrogens is 1. The Morgan fingerprint density at radius 1 is 0.841 bits per heavy atom. The maximum Gasteiger partial charge on any atom is 0.421 e. The minimum atomic E-state index is -4.69. The number of aromatic nitrogens is 4. The lowest BCUT2D eigenvalue weighted by atomic mass is 9.86. The number of hydrogen-bond acceptors (Lipinski definition) is 13. The summed E-state index contributed by atoms with van der Waals surface area (Å²) >= 11 is 1.59. The number of nitrogens with zero attached hydrogens (tertiary/aromatic N) is 4. The zero-order valence-electron chi connectivity index (χ0n) is 39.4. The van der Waals surface area contributed by atoms with Crippen LogP contribution in [0.2, 0.25) is 0 Å². The number of benzene rings is 2. The number of carbonyl (C=O) groups is 2. The van der Waals surface area contributed by atoms with Gasteiger partial charge in [0.2, 0.25) is 17.7 Å². The van der Waals surface area contributed by atoms with E-state index in [4.69, 9.17) is 23.7 Å². The molecule has 0 saturated carbocycles. The molecule has 0 bridgehead atoms. The van der Waals surface area contributed by atoms with Crippen molar-refractivity contribution in [1.29, 1.82) is 0 Å². The Bertz CT molecular complexity index is 2640. The van der Waals surface area contributed by atoms with Crippen LogP contribution in [0, 0.1) is 12.3 Å². The third-order valence-corrected chi connectivity index (χ3v) is 12.9. The molecule has 4 N–H and O–H groups in total. The maximum absolute atomic E-state index is 14.1. The molecule has 0 aliphatic carbocycles. The number of aromatic amines is 1. The van der Waals surface area contributed by atoms with Crippen LogP contribution >= 0.6 is 11.3 Å². The average Bonchev–Trinajstić information content (AvgIpc) is 4.03. The number of aliphatic hydroxyl groups is 1. The minimum absolute atomic E-state index is 0.0257. The Morgan fingerprint density at radius 3 is 2.19 bits per heavy atom. The van der Waals surface area contributed by atoms with Crippen LogP contribution in [0.25, 0.3) is 43.4 Å². The summed E-state index contributed by atoms with van der Waals surface area (Å²) in [6, 6.07) is 15.2. The van der Waals surface area contributed by atoms with E-state index in [1.807, 2.05) is 81.4 Å². The zero-order chi connectivity index (χ0) is 49.1. The SMILES string of the molecule is Cc1ncsc1-c1ccc([C@H](C)NC(=O)[C@@H]2C[C@@H](O)CN2C[C@@H](NC(=O)COCCOCCOCCOCCOc2ncc(-c3ccc4c(c3)[nH]c3ccncc34)cc2C(F)(F)F)C(C)(C)C)cc1. The summed E-state index contributed by atoms with van der Waals surface area (Å²) in [5, 5.41) is 18.7. The van der Waals surface area contributed by atoms with Gasteiger partial charge in [0.15, 0.2) is 0 Å². The lowest BCUT2D eigenvalue weighted by Crippen LogP contribution is -2.54. The van der Waals surface area contributed by atoms with Gasteiger partial charge in [-0.25, -0.2) is 9.97 Å². The first-order valence-corrected chi connectivity index (χ1v) is 23.8. The van der Waals surface area contributed by atoms with Crippen molar-refractivity contribution in [3.8, 4) is 27.4 Å². The van der Waals surface area contributed by atoms with Gasteiger partial charge in [0.25, 0.3) is 0 Å². The molecule has 1 aliphatic heterocycles. The van der Waals surface area contributed by atoms with Crippen molar-refractivity contribution in [3.05, 3.63) is 95.5 Å². The van der Waals surface area contributed by atoms with Crippen molar-refractivity contribution < 1.29 is 51.6 Å². The monoisotopic (exact) mass is 975 g/mol. The molecule has 69 heavy (non-hydrogen) atoms. The molecule has 7 rings (SSSR count). The molecule has 5 heterocycles. The first-order chi connectivity index (χ1) is 33.0. The van der Waals surface area contributed by atoms with Gasteiger partial charge < -0.3 is 44.4 Å². The van der Waals surface area contributed by atoms with Crippen molar-refractivity contribution in [2.45, 2.75) is 71.4 Å². The molecule has 0 radical (unpaired) electrons. The van der Waals surface area contributed by atoms with Gasteiger partial charge in [-0.1, -0.05) is 57.2 Å². The molecular formula is C50H60F3N7O8S. The molecule has 19 heteroatoms. The topological polar surface area (TPSA) is 182 Å². The highest BCUT2D eigenvalue weighted by atomic mass is 32.1. The summed E-state index contributed by atoms with van der Waals surface area (Å²) in [4.78, 5) is 45.4. The number of fused-ring (bicyclic) bond motifs is 3. The second kappa shape index (κ2) is 23.4. The molecule has 0 spiro atoms. The van der Waals surface area contributed by atoms with Crippen LogP contribution in [0.4, 0.5) is 13.2 Å². The van der Waals surface area contributed by atoms with Crippen molar-refractivity contribution in [2.24, 2.45) is 5.41 Å². The molecular weight excluding hydrogens is 916 g/mol. The summed E-state index contributed by atoms with van der Waals surface area (Å²) in [6.45, 7) is 11.7. The van der Waals surface area contributed by atoms with E-state index in [0.717, 1.165) is 49.6 Å². The Kier molecular flexibility index (Phi) is 17.4. The van der Waals surface area contributed by atoms with Gasteiger partial charge in [-0.3, -0.25) is 19.5 Å². The number of alkyl halides is 3. The van der Waals surface area contributed by atoms with Gasteiger partial charge in [-0.2, -0.15) is 13.2 Å². The van der Waals surface area contributed by atoms with Crippen LogP contribution in [0.1, 0.15) is 57.0 Å². The van der Waals surface area contributed by atoms with Crippen LogP contribution in [-0.4, -0.2) is 132 Å². The number of pyridine rings is 2. The molecule has 0 unspecified atom stereocenters. The van der Waals surface area contributed by atoms with E-state index in [0.29, 0.717) is 30.6 Å². The Balaban J connectivity index is 0.745. The third kappa shape index (κ3) is 13.8. The molecule has 1 aliphatic rings. The molecule has 4 atom stereocenters. The number of likely N-dealkylation sites (tertiary alicyclic amines) is 1. The number of nitrogens with one attached hydrogen (secondary N) is 3. The molecule has 4 aromatic heterocycles. The van der Waals surface area contributed by atoms with Gasteiger partial charge in [0.1, 0.15) is 18.8 Å². The zero-order valence-corrected chi connectivity index (χ0v) is 40.3. The summed E-state index contributed by atoms with van der Waals surface area (Å²) in [5.41, 5.74) is 6.03. The number of ether oxygens (including phenoxy) is 5. The van der Waals surface area contributed by atoms with Crippen molar-refractivity contribution in [2.75, 3.05) is 72.6 Å². The summed E-state index contributed by atoms with van der Waals surface area (Å²) in [5.74, 6) is -1.01. The van der Waals surface area contributed by atoms with Gasteiger partial charge in [0.05, 0.1) is 80.5 Å². The van der Waals surface area contributed by atoms with Crippen LogP contribution in [0.5, 0.6) is 5.88 Å². The van der Waals surface area contributed by atoms with E-state index in [9.17, 15) is 27.9 Å². The van der Waals surface area contributed by atoms with Gasteiger partial charge in [0, 0.05) is 65.1 Å². The molecule has 1 saturated heterocycles. The van der Waals surface area contributed by atoms with Crippen molar-refractivity contribution in [3.63, 3.8) is 0 Å². The Labute approximate surface area is 403 Å². The first-order valence-electron chi connectivity index (χ1n) is 22.9. The standard InChI is InChI=1S/C50H60F3N7O8S/c1-31(33-6-8-34(9-7-33)46-32(2)56-30-69-46)57-47(63)43-24-37(61)27-60(43)28-44(49(3,4)5)59-45(62)29-67-19-18-65-15-14-64-16-17-66-20-21-68-48-40(50(51,52)53)22-36(25-55-48)35-10-11-38-39-26-54-13-12-41(39)58-42(38)23-35/h6-13,22-23,25-26,30-31,37,43-44,58,61H,14-21,24,27-29H2,1-5H3,(H,57,63)(H,59,62)/t31-,37+,43-,44+/m0/s1. The van der Waals surface area contributed by atoms with Gasteiger partial charge >= 0.3 is 6.18 Å². The highest BCUT2D eigenvalue weighted by Gasteiger charge is 2.40. The number of halogens is 3. The largest absolute Gasteiger partial charge is 0.475 e. The fraction of sp³-hybridized carbons (Fsp3) is 0.460. The fourth-order valence-electron chi connectivity index (χ4n) is 8.13. The number of hydrogen-bond donors (Lipinski definition) is 4. The van der Waals surface area contributed by atoms with Crippen LogP contribution in [0.3, 0.4) is 0 Å². The molecule has 2 aromatic carbocycles. The minimum Gasteiger partial charge on any atom is -0.475 e. The Hall–Kier alpha value is -5.54. The molecule has 1 fully saturated rings. The van der Waals surface area contributed by atoms with E-state index in [1.54, 1.807) is 35.9 Å². The predicted octanol–water partition coefficient (Wildman–Crippen LogP) is 7.52. The normalized spacial score (nSPS) is 16.5. The molecule has 15 nitrogen and oxygen atoms in total. The average molecular weight is 976 g/mol. The number of thiazole rings is 1. The summed E-state index contributed by atoms with van der Waals surface area (Å²) in [7, 11) is 0. The number of aryl methyl sites for hydroxylation is 1. The van der Waals surface area contributed by atoms with E-state index in [-0.39, 0.29) is 88.8 Å². The van der Waals surface area contributed by atoms with Crippen LogP contribution in [0.15, 0.2) is 78.7 Å². The van der Waals surface area contributed by atoms with E-state index >= 15 is 0 Å². The van der Waals surface area contributed by atoms with Crippen LogP contribution in [-0.2, 0) is 34.7 Å². The highest BCUT2D eigenvalue weighted by Crippen LogP contribution is 2.38. The van der Waals surface area contributed by atoms with E-state index < -0.39 is 29.8 Å². The predicted molar refractivity (Wildman–Crippen MR) is 257 cm³/mol.